The molecular formula is C28H28Br2P2. The molecule has 0 atom stereocenters. The quantitative estimate of drug-likeness (QED) is 0.219. The average Bonchev–Trinajstić information content (AvgIpc) is 2.87. The third-order valence-electron chi connectivity index (χ3n) is 7.23. The fourth-order valence-electron chi connectivity index (χ4n) is 5.71. The Kier molecular flexibility index (Phi) is 5.75. The molecule has 0 amide bonds. The summed E-state index contributed by atoms with van der Waals surface area (Å²) in [6, 6.07) is 45.0. The van der Waals surface area contributed by atoms with Crippen LogP contribution in [-0.2, 0) is 0 Å². The Balaban J connectivity index is 1.86. The van der Waals surface area contributed by atoms with Gasteiger partial charge in [-0.05, 0) is 0 Å². The van der Waals surface area contributed by atoms with Gasteiger partial charge < -0.3 is 0 Å². The molecule has 5 rings (SSSR count). The topological polar surface area (TPSA) is 0 Å². The monoisotopic (exact) mass is 584 g/mol. The Morgan fingerprint density at radius 2 is 0.656 bits per heavy atom. The van der Waals surface area contributed by atoms with Crippen LogP contribution >= 0.6 is 41.6 Å². The van der Waals surface area contributed by atoms with E-state index in [1.165, 1.54) is 40.0 Å². The first-order chi connectivity index (χ1) is 15.5. The first-order valence-corrected chi connectivity index (χ1v) is 20.4. The molecule has 0 unspecified atom stereocenters. The van der Waals surface area contributed by atoms with Gasteiger partial charge in [0, 0.05) is 0 Å². The molecule has 0 aliphatic carbocycles. The van der Waals surface area contributed by atoms with E-state index < -0.39 is 10.6 Å². The Hall–Kier alpha value is -1.30. The third kappa shape index (κ3) is 3.38. The SMILES string of the molecule is BrP1(c2ccccc2)(c2ccccc2)CCCP(Br)(c2ccccc2)(c2ccccc2)C1. The molecule has 0 bridgehead atoms. The standard InChI is InChI=1S/C28H28Br2P2/c29-31(25-14-5-1-6-15-25,26-16-7-2-8-17-26)22-13-23-32(30,24-31,27-18-9-3-10-19-27)28-20-11-4-12-21-28/h1-12,14-21H,13,22-24H2. The van der Waals surface area contributed by atoms with Crippen LogP contribution < -0.4 is 21.2 Å². The number of hydrogen-bond donors (Lipinski definition) is 0. The van der Waals surface area contributed by atoms with E-state index in [0.717, 1.165) is 5.90 Å². The van der Waals surface area contributed by atoms with Crippen molar-refractivity contribution in [3.05, 3.63) is 121 Å². The summed E-state index contributed by atoms with van der Waals surface area (Å²) < 4.78 is 0. The summed E-state index contributed by atoms with van der Waals surface area (Å²) >= 11 is 9.32. The van der Waals surface area contributed by atoms with Gasteiger partial charge in [0.15, 0.2) is 0 Å². The molecule has 0 saturated carbocycles. The van der Waals surface area contributed by atoms with Crippen LogP contribution in [0.25, 0.3) is 0 Å². The predicted molar refractivity (Wildman–Crippen MR) is 155 cm³/mol. The van der Waals surface area contributed by atoms with Crippen molar-refractivity contribution >= 4 is 62.8 Å². The zero-order chi connectivity index (χ0) is 22.2. The molecule has 1 aliphatic heterocycles. The van der Waals surface area contributed by atoms with Crippen LogP contribution in [0.1, 0.15) is 6.42 Å². The van der Waals surface area contributed by atoms with Gasteiger partial charge in [0.1, 0.15) is 0 Å². The van der Waals surface area contributed by atoms with E-state index in [1.54, 1.807) is 0 Å². The van der Waals surface area contributed by atoms with Crippen LogP contribution in [0.4, 0.5) is 0 Å². The number of halogens is 2. The van der Waals surface area contributed by atoms with E-state index in [1.807, 2.05) is 0 Å². The predicted octanol–water partition coefficient (Wildman–Crippen LogP) is 7.38. The summed E-state index contributed by atoms with van der Waals surface area (Å²) in [5.41, 5.74) is 0. The second-order valence-corrected chi connectivity index (χ2v) is 28.9. The summed E-state index contributed by atoms with van der Waals surface area (Å²) in [4.78, 5) is 0. The second kappa shape index (κ2) is 8.18. The molecule has 0 spiro atoms. The van der Waals surface area contributed by atoms with Crippen molar-refractivity contribution in [1.82, 2.24) is 0 Å². The van der Waals surface area contributed by atoms with Gasteiger partial charge >= 0.3 is 209 Å². The van der Waals surface area contributed by atoms with E-state index >= 15 is 0 Å². The first-order valence-electron chi connectivity index (χ1n) is 11.1. The third-order valence-corrected chi connectivity index (χ3v) is 31.5. The Morgan fingerprint density at radius 3 is 0.906 bits per heavy atom. The van der Waals surface area contributed by atoms with Crippen LogP contribution in [0.3, 0.4) is 0 Å². The van der Waals surface area contributed by atoms with Crippen LogP contribution in [0.15, 0.2) is 121 Å². The summed E-state index contributed by atoms with van der Waals surface area (Å²) in [6.45, 7) is 0. The van der Waals surface area contributed by atoms with Crippen molar-refractivity contribution in [2.45, 2.75) is 6.42 Å². The van der Waals surface area contributed by atoms with Crippen LogP contribution in [0.5, 0.6) is 0 Å². The van der Waals surface area contributed by atoms with Gasteiger partial charge in [-0.3, -0.25) is 0 Å². The van der Waals surface area contributed by atoms with Gasteiger partial charge in [-0.2, -0.15) is 0 Å². The molecule has 4 aromatic carbocycles. The fourth-order valence-corrected chi connectivity index (χ4v) is 37.3. The molecule has 0 radical (unpaired) electrons. The summed E-state index contributed by atoms with van der Waals surface area (Å²) in [5, 5.41) is 0.448. The minimum absolute atomic E-state index is 1.11. The molecule has 1 fully saturated rings. The van der Waals surface area contributed by atoms with Crippen LogP contribution in [-0.4, -0.2) is 18.2 Å². The fraction of sp³-hybridized carbons (Fsp3) is 0.143. The summed E-state index contributed by atoms with van der Waals surface area (Å²) in [6.07, 6.45) is 3.55. The molecule has 0 aromatic heterocycles. The molecule has 32 heavy (non-hydrogen) atoms. The van der Waals surface area contributed by atoms with Crippen molar-refractivity contribution < 1.29 is 0 Å². The molecule has 1 heterocycles. The Morgan fingerprint density at radius 1 is 0.406 bits per heavy atom. The molecular weight excluding hydrogens is 558 g/mol. The van der Waals surface area contributed by atoms with E-state index in [9.17, 15) is 0 Å². The van der Waals surface area contributed by atoms with Crippen molar-refractivity contribution in [2.75, 3.05) is 18.2 Å². The van der Waals surface area contributed by atoms with Crippen molar-refractivity contribution in [3.8, 4) is 0 Å². The maximum atomic E-state index is 4.66. The first kappa shape index (κ1) is 22.5. The second-order valence-electron chi connectivity index (χ2n) is 9.04. The molecule has 4 heteroatoms. The van der Waals surface area contributed by atoms with Gasteiger partial charge in [0.05, 0.1) is 0 Å². The molecule has 0 nitrogen and oxygen atoms in total. The van der Waals surface area contributed by atoms with E-state index in [4.69, 9.17) is 0 Å². The zero-order valence-electron chi connectivity index (χ0n) is 18.0. The Labute approximate surface area is 207 Å². The molecule has 1 aliphatic rings. The van der Waals surface area contributed by atoms with Gasteiger partial charge in [0.25, 0.3) is 0 Å². The normalized spacial score (nSPS) is 22.9. The van der Waals surface area contributed by atoms with Gasteiger partial charge in [-0.1, -0.05) is 0 Å². The van der Waals surface area contributed by atoms with Crippen LogP contribution in [0.2, 0.25) is 0 Å². The number of hydrogen-bond acceptors (Lipinski definition) is 0. The van der Waals surface area contributed by atoms with Gasteiger partial charge in [-0.25, -0.2) is 0 Å². The molecule has 0 N–H and O–H groups in total. The Bertz CT molecular complexity index is 1040. The molecule has 164 valence electrons. The van der Waals surface area contributed by atoms with Crippen molar-refractivity contribution in [2.24, 2.45) is 0 Å². The number of rotatable bonds is 4. The molecule has 4 aromatic rings. The van der Waals surface area contributed by atoms with E-state index in [2.05, 4.69) is 152 Å². The zero-order valence-corrected chi connectivity index (χ0v) is 23.0. The maximum absolute atomic E-state index is 4.66. The van der Waals surface area contributed by atoms with E-state index in [0.29, 0.717) is 0 Å². The minimum atomic E-state index is -2.70. The van der Waals surface area contributed by atoms with Crippen molar-refractivity contribution in [1.29, 1.82) is 0 Å². The average molecular weight is 586 g/mol. The summed E-state index contributed by atoms with van der Waals surface area (Å²) in [5.74, 6) is 1.11. The van der Waals surface area contributed by atoms with Gasteiger partial charge in [-0.15, -0.1) is 0 Å². The van der Waals surface area contributed by atoms with Crippen LogP contribution in [0, 0.1) is 0 Å². The summed E-state index contributed by atoms with van der Waals surface area (Å²) in [7, 11) is 0. The van der Waals surface area contributed by atoms with E-state index in [-0.39, 0.29) is 0 Å². The number of benzene rings is 4. The van der Waals surface area contributed by atoms with Gasteiger partial charge in [0.2, 0.25) is 0 Å². The van der Waals surface area contributed by atoms with Crippen molar-refractivity contribution in [3.63, 3.8) is 0 Å². The molecule has 1 saturated heterocycles.